The van der Waals surface area contributed by atoms with Gasteiger partial charge in [0.1, 0.15) is 0 Å². The summed E-state index contributed by atoms with van der Waals surface area (Å²) in [6, 6.07) is 0. The molecule has 0 bridgehead atoms. The number of carbonyl (C=O) groups excluding carboxylic acids is 1. The normalized spacial score (nSPS) is 26.3. The Labute approximate surface area is 37.3 Å². The zero-order valence-corrected chi connectivity index (χ0v) is 4.12. The maximum Gasteiger partial charge on any atom is 0.182 e. The zero-order chi connectivity index (χ0) is 4.41. The summed E-state index contributed by atoms with van der Waals surface area (Å²) >= 11 is 0. The summed E-state index contributed by atoms with van der Waals surface area (Å²) in [6.07, 6.45) is 0. The van der Waals surface area contributed by atoms with Crippen LogP contribution in [0.25, 0.3) is 0 Å². The molecule has 3 nitrogen and oxygen atoms in total. The van der Waals surface area contributed by atoms with E-state index in [0.29, 0.717) is 6.54 Å². The van der Waals surface area contributed by atoms with Crippen LogP contribution in [-0.2, 0) is 4.79 Å². The molecule has 0 aromatic heterocycles. The Morgan fingerprint density at radius 3 is 2.83 bits per heavy atom. The van der Waals surface area contributed by atoms with Crippen molar-refractivity contribution in [3.8, 4) is 0 Å². The maximum atomic E-state index is 10.1. The van der Waals surface area contributed by atoms with Gasteiger partial charge in [-0.05, 0) is 0 Å². The molecule has 1 unspecified atom stereocenters. The molecule has 1 fully saturated rings. The minimum atomic E-state index is 0.259. The third kappa shape index (κ3) is 0.744. The molecule has 1 aliphatic rings. The molecular weight excluding hydrogens is 99.0 g/mol. The summed E-state index contributed by atoms with van der Waals surface area (Å²) < 4.78 is 0. The predicted octanol–water partition coefficient (Wildman–Crippen LogP) is -0.786. The second-order valence-corrected chi connectivity index (χ2v) is 2.08. The lowest BCUT2D eigenvalue weighted by molar-refractivity contribution is -0.109. The molecule has 0 spiro atoms. The minimum Gasteiger partial charge on any atom is -0.292 e. The Morgan fingerprint density at radius 2 is 2.67 bits per heavy atom. The molecule has 1 heterocycles. The van der Waals surface area contributed by atoms with E-state index in [2.05, 4.69) is 10.6 Å². The molecule has 1 aliphatic heterocycles. The van der Waals surface area contributed by atoms with Gasteiger partial charge in [0.05, 0.1) is 6.54 Å². The first kappa shape index (κ1) is 4.19. The standard InChI is InChI=1S/C2H5N2OP/c5-2-1-3-4-6-2/h3-4,6H,1H2. The molecule has 34 valence electrons. The summed E-state index contributed by atoms with van der Waals surface area (Å²) in [5.74, 6) is 0. The van der Waals surface area contributed by atoms with E-state index in [1.165, 1.54) is 0 Å². The van der Waals surface area contributed by atoms with Crippen molar-refractivity contribution in [3.63, 3.8) is 0 Å². The van der Waals surface area contributed by atoms with Gasteiger partial charge in [-0.2, -0.15) is 0 Å². The van der Waals surface area contributed by atoms with Crippen LogP contribution in [0.15, 0.2) is 0 Å². The van der Waals surface area contributed by atoms with E-state index in [1.54, 1.807) is 0 Å². The van der Waals surface area contributed by atoms with Crippen molar-refractivity contribution < 1.29 is 4.79 Å². The Morgan fingerprint density at radius 1 is 1.83 bits per heavy atom. The van der Waals surface area contributed by atoms with Crippen LogP contribution in [0.3, 0.4) is 0 Å². The van der Waals surface area contributed by atoms with Gasteiger partial charge < -0.3 is 0 Å². The highest BCUT2D eigenvalue weighted by Gasteiger charge is 2.05. The molecule has 1 rings (SSSR count). The quantitative estimate of drug-likeness (QED) is 0.396. The van der Waals surface area contributed by atoms with Crippen LogP contribution in [0.5, 0.6) is 0 Å². The first-order chi connectivity index (χ1) is 2.89. The predicted molar refractivity (Wildman–Crippen MR) is 24.5 cm³/mol. The largest absolute Gasteiger partial charge is 0.292 e. The lowest BCUT2D eigenvalue weighted by atomic mass is 10.8. The molecule has 0 saturated carbocycles. The first-order valence-corrected chi connectivity index (χ1v) is 2.66. The summed E-state index contributed by atoms with van der Waals surface area (Å²) in [4.78, 5) is 10.1. The van der Waals surface area contributed by atoms with Gasteiger partial charge >= 0.3 is 0 Å². The average molecular weight is 104 g/mol. The molecule has 0 aliphatic carbocycles. The zero-order valence-electron chi connectivity index (χ0n) is 3.12. The van der Waals surface area contributed by atoms with Gasteiger partial charge in [-0.15, -0.1) is 0 Å². The smallest absolute Gasteiger partial charge is 0.182 e. The maximum absolute atomic E-state index is 10.1. The summed E-state index contributed by atoms with van der Waals surface area (Å²) in [5.41, 5.74) is 2.94. The number of hydrogen-bond acceptors (Lipinski definition) is 3. The summed E-state index contributed by atoms with van der Waals surface area (Å²) in [5, 5.41) is 2.70. The van der Waals surface area contributed by atoms with Crippen LogP contribution < -0.4 is 10.6 Å². The van der Waals surface area contributed by atoms with Gasteiger partial charge in [-0.1, -0.05) is 0 Å². The van der Waals surface area contributed by atoms with Crippen molar-refractivity contribution in [2.75, 3.05) is 6.54 Å². The highest BCUT2D eigenvalue weighted by atomic mass is 31.1. The first-order valence-electron chi connectivity index (χ1n) is 1.66. The van der Waals surface area contributed by atoms with Crippen LogP contribution in [0, 0.1) is 0 Å². The fraction of sp³-hybridized carbons (Fsp3) is 0.500. The van der Waals surface area contributed by atoms with Gasteiger partial charge in [0.2, 0.25) is 0 Å². The molecule has 1 atom stereocenters. The van der Waals surface area contributed by atoms with E-state index < -0.39 is 0 Å². The SMILES string of the molecule is O=C1CNNP1. The van der Waals surface area contributed by atoms with E-state index in [9.17, 15) is 4.79 Å². The molecule has 0 aromatic rings. The van der Waals surface area contributed by atoms with Crippen molar-refractivity contribution in [3.05, 3.63) is 0 Å². The number of nitrogens with one attached hydrogen (secondary N) is 2. The molecule has 1 saturated heterocycles. The van der Waals surface area contributed by atoms with Gasteiger partial charge in [-0.25, -0.2) is 10.6 Å². The Balaban J connectivity index is 2.37. The third-order valence-electron chi connectivity index (χ3n) is 0.539. The van der Waals surface area contributed by atoms with Crippen LogP contribution >= 0.6 is 8.73 Å². The summed E-state index contributed by atoms with van der Waals surface area (Å²) in [7, 11) is 0.282. The van der Waals surface area contributed by atoms with Gasteiger partial charge in [-0.3, -0.25) is 4.79 Å². The lowest BCUT2D eigenvalue weighted by Gasteiger charge is -1.78. The molecular formula is C2H5N2OP. The summed E-state index contributed by atoms with van der Waals surface area (Å²) in [6.45, 7) is 0.498. The third-order valence-corrected chi connectivity index (χ3v) is 1.30. The molecule has 0 radical (unpaired) electrons. The fourth-order valence-corrected chi connectivity index (χ4v) is 0.776. The highest BCUT2D eigenvalue weighted by Crippen LogP contribution is 2.05. The van der Waals surface area contributed by atoms with Crippen molar-refractivity contribution in [1.29, 1.82) is 0 Å². The number of carbonyl (C=O) groups is 1. The van der Waals surface area contributed by atoms with Crippen molar-refractivity contribution in [2.45, 2.75) is 0 Å². The topological polar surface area (TPSA) is 41.1 Å². The van der Waals surface area contributed by atoms with Crippen molar-refractivity contribution in [2.24, 2.45) is 0 Å². The van der Waals surface area contributed by atoms with E-state index >= 15 is 0 Å². The van der Waals surface area contributed by atoms with E-state index in [4.69, 9.17) is 0 Å². The van der Waals surface area contributed by atoms with Crippen LogP contribution in [0.1, 0.15) is 0 Å². The van der Waals surface area contributed by atoms with E-state index in [1.807, 2.05) is 0 Å². The van der Waals surface area contributed by atoms with Crippen LogP contribution in [0.2, 0.25) is 0 Å². The minimum absolute atomic E-state index is 0.259. The second kappa shape index (κ2) is 1.65. The van der Waals surface area contributed by atoms with Crippen LogP contribution in [-0.4, -0.2) is 12.1 Å². The Hall–Kier alpha value is 0.0200. The Bertz CT molecular complexity index is 65.9. The lowest BCUT2D eigenvalue weighted by Crippen LogP contribution is -2.17. The highest BCUT2D eigenvalue weighted by molar-refractivity contribution is 7.56. The molecule has 0 amide bonds. The van der Waals surface area contributed by atoms with E-state index in [0.717, 1.165) is 0 Å². The number of hydrogen-bond donors (Lipinski definition) is 2. The fourth-order valence-electron chi connectivity index (χ4n) is 0.283. The monoisotopic (exact) mass is 104 g/mol. The van der Waals surface area contributed by atoms with Crippen molar-refractivity contribution >= 4 is 14.3 Å². The second-order valence-electron chi connectivity index (χ2n) is 1.03. The number of rotatable bonds is 0. The molecule has 6 heavy (non-hydrogen) atoms. The van der Waals surface area contributed by atoms with Crippen LogP contribution in [0.4, 0.5) is 0 Å². The molecule has 0 aromatic carbocycles. The van der Waals surface area contributed by atoms with Gasteiger partial charge in [0.25, 0.3) is 0 Å². The molecule has 4 heteroatoms. The van der Waals surface area contributed by atoms with Gasteiger partial charge in [0, 0.05) is 8.73 Å². The van der Waals surface area contributed by atoms with Crippen molar-refractivity contribution in [1.82, 2.24) is 10.6 Å². The van der Waals surface area contributed by atoms with Gasteiger partial charge in [0.15, 0.2) is 5.52 Å². The average Bonchev–Trinajstić information content (AvgIpc) is 1.86. The molecule has 2 N–H and O–H groups in total. The van der Waals surface area contributed by atoms with E-state index in [-0.39, 0.29) is 14.3 Å². The number of hydrazine groups is 1. The Kier molecular flexibility index (Phi) is 1.15.